The van der Waals surface area contributed by atoms with Crippen molar-refractivity contribution in [2.24, 2.45) is 5.41 Å². The first kappa shape index (κ1) is 20.7. The zero-order valence-electron chi connectivity index (χ0n) is 17.3. The van der Waals surface area contributed by atoms with Gasteiger partial charge < -0.3 is 5.32 Å². The van der Waals surface area contributed by atoms with Crippen LogP contribution in [0, 0.1) is 12.3 Å². The van der Waals surface area contributed by atoms with Crippen LogP contribution in [0.2, 0.25) is 0 Å². The van der Waals surface area contributed by atoms with E-state index in [-0.39, 0.29) is 29.0 Å². The molecule has 0 radical (unpaired) electrons. The number of hydrogen-bond acceptors (Lipinski definition) is 5. The number of hydrogen-bond donors (Lipinski definition) is 1. The van der Waals surface area contributed by atoms with Gasteiger partial charge in [0.25, 0.3) is 5.56 Å². The van der Waals surface area contributed by atoms with Crippen LogP contribution in [0.25, 0.3) is 20.7 Å². The van der Waals surface area contributed by atoms with Crippen LogP contribution in [0.5, 0.6) is 0 Å². The van der Waals surface area contributed by atoms with Gasteiger partial charge in [0.05, 0.1) is 11.7 Å². The largest absolute Gasteiger partial charge is 0.350 e. The average Bonchev–Trinajstić information content (AvgIpc) is 3.13. The standard InChI is InChI=1S/C21H27N3O2S2/c1-13-7-8-15(28-13)14-10-27-18-17(14)19(26)24(12-22-18)9-16(25)23-21(5,6)11-20(2,3)4/h7-8,10,12H,9,11H2,1-6H3,(H,23,25). The zero-order valence-corrected chi connectivity index (χ0v) is 18.9. The first-order chi connectivity index (χ1) is 13.0. The van der Waals surface area contributed by atoms with Crippen LogP contribution >= 0.6 is 22.7 Å². The normalized spacial score (nSPS) is 12.5. The van der Waals surface area contributed by atoms with E-state index in [9.17, 15) is 9.59 Å². The lowest BCUT2D eigenvalue weighted by Crippen LogP contribution is -2.47. The second kappa shape index (κ2) is 7.44. The highest BCUT2D eigenvalue weighted by atomic mass is 32.1. The van der Waals surface area contributed by atoms with Crippen LogP contribution in [0.3, 0.4) is 0 Å². The lowest BCUT2D eigenvalue weighted by molar-refractivity contribution is -0.123. The highest BCUT2D eigenvalue weighted by molar-refractivity contribution is 7.19. The van der Waals surface area contributed by atoms with Crippen LogP contribution < -0.4 is 10.9 Å². The lowest BCUT2D eigenvalue weighted by Gasteiger charge is -2.33. The molecule has 1 N–H and O–H groups in total. The summed E-state index contributed by atoms with van der Waals surface area (Å²) in [6.45, 7) is 12.5. The second-order valence-corrected chi connectivity index (χ2v) is 11.2. The minimum Gasteiger partial charge on any atom is -0.350 e. The van der Waals surface area contributed by atoms with Crippen molar-refractivity contribution in [3.8, 4) is 10.4 Å². The topological polar surface area (TPSA) is 64.0 Å². The molecule has 0 fully saturated rings. The van der Waals surface area contributed by atoms with Gasteiger partial charge in [0.15, 0.2) is 0 Å². The fourth-order valence-electron chi connectivity index (χ4n) is 3.78. The zero-order chi connectivity index (χ0) is 20.7. The van der Waals surface area contributed by atoms with Crippen LogP contribution in [-0.2, 0) is 11.3 Å². The number of amides is 1. The third-order valence-corrected chi connectivity index (χ3v) is 6.25. The maximum absolute atomic E-state index is 13.1. The summed E-state index contributed by atoms with van der Waals surface area (Å²) in [6.07, 6.45) is 2.31. The third-order valence-electron chi connectivity index (χ3n) is 4.33. The maximum Gasteiger partial charge on any atom is 0.263 e. The van der Waals surface area contributed by atoms with E-state index < -0.39 is 0 Å². The van der Waals surface area contributed by atoms with Gasteiger partial charge in [-0.25, -0.2) is 4.98 Å². The van der Waals surface area contributed by atoms with E-state index in [1.54, 1.807) is 11.3 Å². The van der Waals surface area contributed by atoms with Gasteiger partial charge in [0.1, 0.15) is 11.4 Å². The molecule has 0 saturated heterocycles. The Morgan fingerprint density at radius 2 is 1.93 bits per heavy atom. The van der Waals surface area contributed by atoms with E-state index in [2.05, 4.69) is 31.1 Å². The Bertz CT molecular complexity index is 1070. The van der Waals surface area contributed by atoms with Crippen molar-refractivity contribution in [2.75, 3.05) is 0 Å². The van der Waals surface area contributed by atoms with Gasteiger partial charge in [0, 0.05) is 26.2 Å². The first-order valence-corrected chi connectivity index (χ1v) is 11.0. The fourth-order valence-corrected chi connectivity index (χ4v) is 5.64. The second-order valence-electron chi connectivity index (χ2n) is 9.09. The number of aromatic nitrogens is 2. The lowest BCUT2D eigenvalue weighted by atomic mass is 9.82. The number of carbonyl (C=O) groups excluding carboxylic acids is 1. The van der Waals surface area contributed by atoms with E-state index in [4.69, 9.17) is 0 Å². The van der Waals surface area contributed by atoms with Gasteiger partial charge in [-0.05, 0) is 44.7 Å². The summed E-state index contributed by atoms with van der Waals surface area (Å²) in [5.74, 6) is -0.179. The Hall–Kier alpha value is -1.99. The number of thiophene rings is 2. The highest BCUT2D eigenvalue weighted by Crippen LogP contribution is 2.34. The van der Waals surface area contributed by atoms with Crippen LogP contribution in [0.4, 0.5) is 0 Å². The molecule has 3 heterocycles. The molecule has 0 aliphatic rings. The molecule has 0 aromatic carbocycles. The molecule has 28 heavy (non-hydrogen) atoms. The van der Waals surface area contributed by atoms with Crippen molar-refractivity contribution < 1.29 is 4.79 Å². The monoisotopic (exact) mass is 417 g/mol. The molecule has 0 spiro atoms. The summed E-state index contributed by atoms with van der Waals surface area (Å²) in [7, 11) is 0. The number of nitrogens with zero attached hydrogens (tertiary/aromatic N) is 2. The first-order valence-electron chi connectivity index (χ1n) is 9.30. The number of aryl methyl sites for hydroxylation is 1. The van der Waals surface area contributed by atoms with E-state index in [0.717, 1.165) is 16.9 Å². The average molecular weight is 418 g/mol. The Labute approximate surface area is 173 Å². The van der Waals surface area contributed by atoms with Crippen molar-refractivity contribution in [3.63, 3.8) is 0 Å². The molecule has 150 valence electrons. The molecular formula is C21H27N3O2S2. The Morgan fingerprint density at radius 1 is 1.21 bits per heavy atom. The molecule has 0 atom stereocenters. The predicted molar refractivity (Wildman–Crippen MR) is 118 cm³/mol. The minimum absolute atomic E-state index is 0.0336. The molecule has 3 aromatic rings. The van der Waals surface area contributed by atoms with Crippen molar-refractivity contribution in [3.05, 3.63) is 39.1 Å². The molecule has 0 saturated carbocycles. The van der Waals surface area contributed by atoms with Gasteiger partial charge in [0.2, 0.25) is 5.91 Å². The summed E-state index contributed by atoms with van der Waals surface area (Å²) >= 11 is 3.11. The molecular weight excluding hydrogens is 390 g/mol. The van der Waals surface area contributed by atoms with Crippen LogP contribution in [0.15, 0.2) is 28.6 Å². The highest BCUT2D eigenvalue weighted by Gasteiger charge is 2.27. The summed E-state index contributed by atoms with van der Waals surface area (Å²) in [4.78, 5) is 33.0. The van der Waals surface area contributed by atoms with Crippen molar-refractivity contribution in [1.29, 1.82) is 0 Å². The third kappa shape index (κ3) is 4.70. The van der Waals surface area contributed by atoms with Gasteiger partial charge in [-0.3, -0.25) is 14.2 Å². The fraction of sp³-hybridized carbons (Fsp3) is 0.476. The Morgan fingerprint density at radius 3 is 2.54 bits per heavy atom. The molecule has 0 bridgehead atoms. The summed E-state index contributed by atoms with van der Waals surface area (Å²) in [5, 5.41) is 5.63. The molecule has 0 unspecified atom stereocenters. The van der Waals surface area contributed by atoms with Gasteiger partial charge >= 0.3 is 0 Å². The number of carbonyl (C=O) groups is 1. The van der Waals surface area contributed by atoms with E-state index in [1.165, 1.54) is 27.1 Å². The van der Waals surface area contributed by atoms with Crippen molar-refractivity contribution >= 4 is 38.8 Å². The summed E-state index contributed by atoms with van der Waals surface area (Å²) in [5.41, 5.74) is 0.478. The van der Waals surface area contributed by atoms with Crippen LogP contribution in [0.1, 0.15) is 45.9 Å². The van der Waals surface area contributed by atoms with E-state index in [1.807, 2.05) is 38.3 Å². The molecule has 1 amide bonds. The van der Waals surface area contributed by atoms with Gasteiger partial charge in [-0.2, -0.15) is 0 Å². The Kier molecular flexibility index (Phi) is 5.51. The molecule has 0 aliphatic carbocycles. The van der Waals surface area contributed by atoms with Crippen molar-refractivity contribution in [1.82, 2.24) is 14.9 Å². The number of fused-ring (bicyclic) bond motifs is 1. The van der Waals surface area contributed by atoms with Crippen LogP contribution in [-0.4, -0.2) is 21.0 Å². The Balaban J connectivity index is 1.87. The predicted octanol–water partition coefficient (Wildman–Crippen LogP) is 4.83. The molecule has 7 heteroatoms. The summed E-state index contributed by atoms with van der Waals surface area (Å²) < 4.78 is 1.40. The maximum atomic E-state index is 13.1. The number of nitrogens with one attached hydrogen (secondary N) is 1. The van der Waals surface area contributed by atoms with E-state index in [0.29, 0.717) is 10.2 Å². The SMILES string of the molecule is Cc1ccc(-c2csc3ncn(CC(=O)NC(C)(C)CC(C)(C)C)c(=O)c23)s1. The smallest absolute Gasteiger partial charge is 0.263 e. The summed E-state index contributed by atoms with van der Waals surface area (Å²) in [6, 6.07) is 4.07. The molecule has 0 aliphatic heterocycles. The minimum atomic E-state index is -0.349. The van der Waals surface area contributed by atoms with Gasteiger partial charge in [-0.1, -0.05) is 20.8 Å². The van der Waals surface area contributed by atoms with Gasteiger partial charge in [-0.15, -0.1) is 22.7 Å². The quantitative estimate of drug-likeness (QED) is 0.647. The molecule has 3 aromatic heterocycles. The molecule has 3 rings (SSSR count). The van der Waals surface area contributed by atoms with E-state index >= 15 is 0 Å². The molecule has 5 nitrogen and oxygen atoms in total. The number of rotatable bonds is 5. The van der Waals surface area contributed by atoms with Crippen molar-refractivity contribution in [2.45, 2.75) is 60.0 Å².